The maximum absolute atomic E-state index is 11.8. The van der Waals surface area contributed by atoms with Crippen LogP contribution in [0.2, 0.25) is 0 Å². The van der Waals surface area contributed by atoms with Crippen LogP contribution in [0.15, 0.2) is 49.5 Å². The Kier molecular flexibility index (Phi) is 4.85. The molecule has 24 heavy (non-hydrogen) atoms. The van der Waals surface area contributed by atoms with Gasteiger partial charge in [-0.1, -0.05) is 37.2 Å². The van der Waals surface area contributed by atoms with Crippen LogP contribution in [0.1, 0.15) is 30.2 Å². The summed E-state index contributed by atoms with van der Waals surface area (Å²) in [6, 6.07) is 8.82. The molecule has 0 atom stereocenters. The molecule has 0 aliphatic carbocycles. The average Bonchev–Trinajstić information content (AvgIpc) is 2.52. The van der Waals surface area contributed by atoms with Crippen molar-refractivity contribution in [2.75, 3.05) is 0 Å². The van der Waals surface area contributed by atoms with Gasteiger partial charge in [-0.15, -0.1) is 0 Å². The lowest BCUT2D eigenvalue weighted by Gasteiger charge is -2.06. The van der Waals surface area contributed by atoms with Crippen molar-refractivity contribution in [1.29, 1.82) is 0 Å². The number of aryl methyl sites for hydroxylation is 2. The number of fused-ring (bicyclic) bond motifs is 1. The molecule has 2 heterocycles. The van der Waals surface area contributed by atoms with Gasteiger partial charge in [0, 0.05) is 29.0 Å². The summed E-state index contributed by atoms with van der Waals surface area (Å²) in [5.41, 5.74) is 2.76. The number of nitrogens with one attached hydrogen (secondary N) is 1. The molecule has 3 aromatic rings. The van der Waals surface area contributed by atoms with E-state index >= 15 is 0 Å². The Morgan fingerprint density at radius 2 is 2.04 bits per heavy atom. The second-order valence-corrected chi connectivity index (χ2v) is 6.63. The maximum Gasteiger partial charge on any atom is 0.336 e. The van der Waals surface area contributed by atoms with Crippen molar-refractivity contribution in [2.24, 2.45) is 0 Å². The van der Waals surface area contributed by atoms with Crippen LogP contribution in [0.4, 0.5) is 0 Å². The summed E-state index contributed by atoms with van der Waals surface area (Å²) in [4.78, 5) is 30.7. The van der Waals surface area contributed by atoms with Crippen LogP contribution in [0, 0.1) is 6.92 Å². The minimum Gasteiger partial charge on any atom is -0.423 e. The topological polar surface area (TPSA) is 76.0 Å². The van der Waals surface area contributed by atoms with Crippen molar-refractivity contribution >= 4 is 22.7 Å². The van der Waals surface area contributed by atoms with Crippen LogP contribution >= 0.6 is 11.8 Å². The van der Waals surface area contributed by atoms with Gasteiger partial charge in [-0.25, -0.2) is 9.78 Å². The van der Waals surface area contributed by atoms with Gasteiger partial charge in [0.05, 0.1) is 0 Å². The molecule has 5 nitrogen and oxygen atoms in total. The van der Waals surface area contributed by atoms with E-state index in [0.717, 1.165) is 35.0 Å². The number of hydrogen-bond donors (Lipinski definition) is 1. The highest BCUT2D eigenvalue weighted by molar-refractivity contribution is 7.98. The Labute approximate surface area is 143 Å². The van der Waals surface area contributed by atoms with Crippen molar-refractivity contribution in [1.82, 2.24) is 9.97 Å². The van der Waals surface area contributed by atoms with Crippen molar-refractivity contribution < 1.29 is 4.42 Å². The largest absolute Gasteiger partial charge is 0.423 e. The maximum atomic E-state index is 11.8. The fraction of sp³-hybridized carbons (Fsp3) is 0.278. The van der Waals surface area contributed by atoms with Gasteiger partial charge in [0.2, 0.25) is 0 Å². The molecule has 0 aliphatic heterocycles. The molecule has 1 aromatic carbocycles. The van der Waals surface area contributed by atoms with Crippen LogP contribution in [0.3, 0.4) is 0 Å². The minimum atomic E-state index is -0.370. The molecular weight excluding hydrogens is 324 g/mol. The molecule has 124 valence electrons. The molecule has 1 N–H and O–H groups in total. The van der Waals surface area contributed by atoms with Gasteiger partial charge in [0.1, 0.15) is 5.58 Å². The summed E-state index contributed by atoms with van der Waals surface area (Å²) in [7, 11) is 0. The Morgan fingerprint density at radius 1 is 1.21 bits per heavy atom. The number of hydrogen-bond acceptors (Lipinski definition) is 5. The second-order valence-electron chi connectivity index (χ2n) is 5.67. The highest BCUT2D eigenvalue weighted by Gasteiger charge is 2.08. The third-order valence-electron chi connectivity index (χ3n) is 3.63. The summed E-state index contributed by atoms with van der Waals surface area (Å²) in [6.45, 7) is 4.00. The fourth-order valence-corrected chi connectivity index (χ4v) is 3.42. The third-order valence-corrected chi connectivity index (χ3v) is 4.55. The molecule has 0 spiro atoms. The standard InChI is InChI=1S/C18H18N2O3S/c1-3-4-13-9-16(21)20-18(19-13)24-10-12-8-17(22)23-15-7-11(2)5-6-14(12)15/h5-9H,3-4,10H2,1-2H3,(H,19,20,21). The molecule has 0 fully saturated rings. The zero-order chi connectivity index (χ0) is 17.1. The molecule has 0 saturated carbocycles. The van der Waals surface area contributed by atoms with Gasteiger partial charge in [0.15, 0.2) is 5.16 Å². The monoisotopic (exact) mass is 342 g/mol. The number of nitrogens with zero attached hydrogens (tertiary/aromatic N) is 1. The number of thioether (sulfide) groups is 1. The number of H-pyrrole nitrogens is 1. The lowest BCUT2D eigenvalue weighted by atomic mass is 10.1. The zero-order valence-corrected chi connectivity index (χ0v) is 14.4. The second kappa shape index (κ2) is 7.05. The molecule has 0 bridgehead atoms. The van der Waals surface area contributed by atoms with Crippen LogP contribution in [0.5, 0.6) is 0 Å². The smallest absolute Gasteiger partial charge is 0.336 e. The Morgan fingerprint density at radius 3 is 2.83 bits per heavy atom. The average molecular weight is 342 g/mol. The quantitative estimate of drug-likeness (QED) is 0.437. The summed E-state index contributed by atoms with van der Waals surface area (Å²) in [5, 5.41) is 1.47. The van der Waals surface area contributed by atoms with Gasteiger partial charge < -0.3 is 9.40 Å². The normalized spacial score (nSPS) is 11.1. The van der Waals surface area contributed by atoms with Crippen LogP contribution in [-0.2, 0) is 12.2 Å². The van der Waals surface area contributed by atoms with E-state index in [4.69, 9.17) is 4.42 Å². The van der Waals surface area contributed by atoms with Crippen LogP contribution < -0.4 is 11.2 Å². The molecule has 0 radical (unpaired) electrons. The summed E-state index contributed by atoms with van der Waals surface area (Å²) in [5.74, 6) is 0.531. The predicted molar refractivity (Wildman–Crippen MR) is 95.6 cm³/mol. The first kappa shape index (κ1) is 16.5. The highest BCUT2D eigenvalue weighted by atomic mass is 32.2. The molecule has 0 unspecified atom stereocenters. The van der Waals surface area contributed by atoms with E-state index < -0.39 is 0 Å². The molecular formula is C18H18N2O3S. The van der Waals surface area contributed by atoms with Crippen LogP contribution in [0.25, 0.3) is 11.0 Å². The van der Waals surface area contributed by atoms with E-state index in [1.807, 2.05) is 32.0 Å². The first-order valence-corrected chi connectivity index (χ1v) is 8.80. The van der Waals surface area contributed by atoms with E-state index in [0.29, 0.717) is 16.5 Å². The van der Waals surface area contributed by atoms with Gasteiger partial charge >= 0.3 is 5.63 Å². The third kappa shape index (κ3) is 3.76. The molecule has 0 saturated heterocycles. The van der Waals surface area contributed by atoms with E-state index in [-0.39, 0.29) is 11.2 Å². The summed E-state index contributed by atoms with van der Waals surface area (Å²) in [6.07, 6.45) is 1.71. The van der Waals surface area contributed by atoms with Crippen LogP contribution in [-0.4, -0.2) is 9.97 Å². The van der Waals surface area contributed by atoms with E-state index in [9.17, 15) is 9.59 Å². The fourth-order valence-electron chi connectivity index (χ4n) is 2.54. The lowest BCUT2D eigenvalue weighted by molar-refractivity contribution is 0.559. The number of aromatic amines is 1. The molecule has 3 rings (SSSR count). The Bertz CT molecular complexity index is 991. The van der Waals surface area contributed by atoms with Crippen molar-refractivity contribution in [2.45, 2.75) is 37.6 Å². The minimum absolute atomic E-state index is 0.149. The number of rotatable bonds is 5. The van der Waals surface area contributed by atoms with E-state index in [1.54, 1.807) is 0 Å². The molecule has 2 aromatic heterocycles. The first-order chi connectivity index (χ1) is 11.5. The molecule has 6 heteroatoms. The Hall–Kier alpha value is -2.34. The van der Waals surface area contributed by atoms with E-state index in [2.05, 4.69) is 9.97 Å². The zero-order valence-electron chi connectivity index (χ0n) is 13.6. The van der Waals surface area contributed by atoms with Gasteiger partial charge in [-0.3, -0.25) is 4.79 Å². The van der Waals surface area contributed by atoms with Gasteiger partial charge in [-0.2, -0.15) is 0 Å². The summed E-state index contributed by atoms with van der Waals surface area (Å²) >= 11 is 1.41. The van der Waals surface area contributed by atoms with Gasteiger partial charge in [-0.05, 0) is 30.5 Å². The first-order valence-electron chi connectivity index (χ1n) is 7.81. The molecule has 0 amide bonds. The highest BCUT2D eigenvalue weighted by Crippen LogP contribution is 2.24. The van der Waals surface area contributed by atoms with Crippen molar-refractivity contribution in [3.63, 3.8) is 0 Å². The predicted octanol–water partition coefficient (Wildman–Crippen LogP) is 3.43. The van der Waals surface area contributed by atoms with Gasteiger partial charge in [0.25, 0.3) is 5.56 Å². The lowest BCUT2D eigenvalue weighted by Crippen LogP contribution is -2.10. The summed E-state index contributed by atoms with van der Waals surface area (Å²) < 4.78 is 5.27. The SMILES string of the molecule is CCCc1cc(=O)[nH]c(SCc2cc(=O)oc3cc(C)ccc23)n1. The molecule has 0 aliphatic rings. The van der Waals surface area contributed by atoms with Crippen molar-refractivity contribution in [3.05, 3.63) is 67.9 Å². The number of aromatic nitrogens is 2. The number of benzene rings is 1. The Balaban J connectivity index is 1.91. The van der Waals surface area contributed by atoms with Crippen molar-refractivity contribution in [3.8, 4) is 0 Å². The van der Waals surface area contributed by atoms with E-state index in [1.165, 1.54) is 23.9 Å².